The van der Waals surface area contributed by atoms with E-state index >= 15 is 0 Å². The van der Waals surface area contributed by atoms with Gasteiger partial charge in [0.25, 0.3) is 5.91 Å². The highest BCUT2D eigenvalue weighted by Crippen LogP contribution is 2.22. The minimum absolute atomic E-state index is 0.0911. The molecule has 0 aliphatic carbocycles. The van der Waals surface area contributed by atoms with Gasteiger partial charge in [0.1, 0.15) is 17.5 Å². The Balaban J connectivity index is 1.92. The average Bonchev–Trinajstić information content (AvgIpc) is 3.12. The molecule has 2 rings (SSSR count). The first-order valence-corrected chi connectivity index (χ1v) is 9.95. The number of rotatable bonds is 10. The Kier molecular flexibility index (Phi) is 8.30. The first kappa shape index (κ1) is 22.5. The Hall–Kier alpha value is -2.77. The van der Waals surface area contributed by atoms with Gasteiger partial charge in [0.15, 0.2) is 0 Å². The van der Waals surface area contributed by atoms with E-state index in [1.165, 1.54) is 14.2 Å². The number of benzene rings is 1. The van der Waals surface area contributed by atoms with Crippen molar-refractivity contribution in [3.05, 3.63) is 23.8 Å². The van der Waals surface area contributed by atoms with Crippen LogP contribution in [0.2, 0.25) is 0 Å². The Labute approximate surface area is 171 Å². The minimum atomic E-state index is -0.673. The molecule has 1 fully saturated rings. The van der Waals surface area contributed by atoms with Gasteiger partial charge in [-0.2, -0.15) is 0 Å². The molecule has 8 nitrogen and oxygen atoms in total. The van der Waals surface area contributed by atoms with Crippen LogP contribution < -0.4 is 20.1 Å². The van der Waals surface area contributed by atoms with E-state index in [1.54, 1.807) is 18.2 Å². The third-order valence-corrected chi connectivity index (χ3v) is 4.92. The maximum Gasteiger partial charge on any atom is 0.252 e. The van der Waals surface area contributed by atoms with E-state index in [-0.39, 0.29) is 23.6 Å². The van der Waals surface area contributed by atoms with Crippen LogP contribution in [0.3, 0.4) is 0 Å². The second kappa shape index (κ2) is 10.7. The molecule has 0 bridgehead atoms. The molecule has 1 aliphatic heterocycles. The normalized spacial score (nSPS) is 14.7. The minimum Gasteiger partial charge on any atom is -0.497 e. The summed E-state index contributed by atoms with van der Waals surface area (Å²) in [6.07, 6.45) is 2.20. The lowest BCUT2D eigenvalue weighted by atomic mass is 10.0. The average molecular weight is 405 g/mol. The van der Waals surface area contributed by atoms with Gasteiger partial charge in [-0.05, 0) is 30.9 Å². The van der Waals surface area contributed by atoms with Crippen molar-refractivity contribution in [1.82, 2.24) is 15.5 Å². The number of hydrogen-bond donors (Lipinski definition) is 2. The molecule has 0 spiro atoms. The van der Waals surface area contributed by atoms with Gasteiger partial charge in [-0.3, -0.25) is 14.4 Å². The first-order chi connectivity index (χ1) is 13.8. The third kappa shape index (κ3) is 6.37. The van der Waals surface area contributed by atoms with Crippen molar-refractivity contribution in [3.8, 4) is 11.5 Å². The number of carbonyl (C=O) groups is 3. The van der Waals surface area contributed by atoms with Crippen molar-refractivity contribution in [2.24, 2.45) is 5.92 Å². The summed E-state index contributed by atoms with van der Waals surface area (Å²) >= 11 is 0. The number of ether oxygens (including phenoxy) is 2. The molecule has 160 valence electrons. The van der Waals surface area contributed by atoms with Crippen LogP contribution in [0, 0.1) is 5.92 Å². The van der Waals surface area contributed by atoms with Gasteiger partial charge in [0.05, 0.1) is 14.2 Å². The fourth-order valence-electron chi connectivity index (χ4n) is 3.23. The summed E-state index contributed by atoms with van der Waals surface area (Å²) in [5.41, 5.74) is 0.354. The van der Waals surface area contributed by atoms with Crippen molar-refractivity contribution >= 4 is 17.7 Å². The quantitative estimate of drug-likeness (QED) is 0.576. The van der Waals surface area contributed by atoms with Gasteiger partial charge in [-0.1, -0.05) is 13.8 Å². The van der Waals surface area contributed by atoms with Crippen LogP contribution in [-0.4, -0.2) is 62.5 Å². The topological polar surface area (TPSA) is 97.0 Å². The molecule has 1 aromatic carbocycles. The smallest absolute Gasteiger partial charge is 0.252 e. The molecule has 8 heteroatoms. The van der Waals surface area contributed by atoms with Crippen molar-refractivity contribution in [2.45, 2.75) is 39.2 Å². The van der Waals surface area contributed by atoms with Crippen LogP contribution in [0.5, 0.6) is 11.5 Å². The predicted molar refractivity (Wildman–Crippen MR) is 109 cm³/mol. The highest BCUT2D eigenvalue weighted by Gasteiger charge is 2.25. The molecule has 1 saturated heterocycles. The monoisotopic (exact) mass is 405 g/mol. The van der Waals surface area contributed by atoms with E-state index in [9.17, 15) is 14.4 Å². The van der Waals surface area contributed by atoms with Crippen LogP contribution in [0.4, 0.5) is 0 Å². The molecule has 1 heterocycles. The van der Waals surface area contributed by atoms with E-state index in [2.05, 4.69) is 10.6 Å². The predicted octanol–water partition coefficient (Wildman–Crippen LogP) is 1.59. The van der Waals surface area contributed by atoms with E-state index in [0.29, 0.717) is 43.0 Å². The molecule has 0 radical (unpaired) electrons. The summed E-state index contributed by atoms with van der Waals surface area (Å²) in [7, 11) is 3.02. The number of amides is 3. The van der Waals surface area contributed by atoms with Crippen LogP contribution in [0.25, 0.3) is 0 Å². The molecular formula is C21H31N3O5. The van der Waals surface area contributed by atoms with Crippen LogP contribution in [0.1, 0.15) is 43.5 Å². The summed E-state index contributed by atoms with van der Waals surface area (Å²) in [6.45, 7) is 5.64. The van der Waals surface area contributed by atoms with Crippen molar-refractivity contribution in [1.29, 1.82) is 0 Å². The fraction of sp³-hybridized carbons (Fsp3) is 0.571. The molecule has 1 unspecified atom stereocenters. The fourth-order valence-corrected chi connectivity index (χ4v) is 3.23. The van der Waals surface area contributed by atoms with E-state index < -0.39 is 6.04 Å². The van der Waals surface area contributed by atoms with Gasteiger partial charge in [0, 0.05) is 37.7 Å². The van der Waals surface area contributed by atoms with Crippen molar-refractivity contribution < 1.29 is 23.9 Å². The lowest BCUT2D eigenvalue weighted by Gasteiger charge is -2.22. The number of nitrogens with one attached hydrogen (secondary N) is 2. The molecule has 0 aromatic heterocycles. The van der Waals surface area contributed by atoms with Crippen LogP contribution >= 0.6 is 0 Å². The van der Waals surface area contributed by atoms with E-state index in [4.69, 9.17) is 9.47 Å². The van der Waals surface area contributed by atoms with Crippen LogP contribution in [0.15, 0.2) is 18.2 Å². The molecule has 2 N–H and O–H groups in total. The molecule has 1 atom stereocenters. The lowest BCUT2D eigenvalue weighted by molar-refractivity contribution is -0.127. The Morgan fingerprint density at radius 3 is 2.31 bits per heavy atom. The Bertz CT molecular complexity index is 713. The lowest BCUT2D eigenvalue weighted by Crippen LogP contribution is -2.50. The number of hydrogen-bond acceptors (Lipinski definition) is 5. The summed E-state index contributed by atoms with van der Waals surface area (Å²) < 4.78 is 10.4. The largest absolute Gasteiger partial charge is 0.497 e. The number of nitrogens with zero attached hydrogens (tertiary/aromatic N) is 1. The molecule has 1 aliphatic rings. The second-order valence-electron chi connectivity index (χ2n) is 7.43. The number of methoxy groups -OCH3 is 2. The Morgan fingerprint density at radius 1 is 1.14 bits per heavy atom. The second-order valence-corrected chi connectivity index (χ2v) is 7.43. The molecule has 0 saturated carbocycles. The van der Waals surface area contributed by atoms with Gasteiger partial charge in [-0.15, -0.1) is 0 Å². The van der Waals surface area contributed by atoms with Gasteiger partial charge >= 0.3 is 0 Å². The molecule has 1 aromatic rings. The first-order valence-electron chi connectivity index (χ1n) is 9.95. The maximum absolute atomic E-state index is 12.7. The van der Waals surface area contributed by atoms with Gasteiger partial charge < -0.3 is 25.0 Å². The Morgan fingerprint density at radius 2 is 1.79 bits per heavy atom. The van der Waals surface area contributed by atoms with E-state index in [0.717, 1.165) is 13.0 Å². The zero-order chi connectivity index (χ0) is 21.4. The third-order valence-electron chi connectivity index (χ3n) is 4.92. The highest BCUT2D eigenvalue weighted by atomic mass is 16.5. The molecular weight excluding hydrogens is 374 g/mol. The zero-order valence-electron chi connectivity index (χ0n) is 17.6. The number of carbonyl (C=O) groups excluding carboxylic acids is 3. The summed E-state index contributed by atoms with van der Waals surface area (Å²) in [6, 6.07) is 4.20. The summed E-state index contributed by atoms with van der Waals surface area (Å²) in [5.74, 6) is 0.465. The van der Waals surface area contributed by atoms with Crippen molar-refractivity contribution in [3.63, 3.8) is 0 Å². The number of likely N-dealkylation sites (tertiary alicyclic amines) is 1. The highest BCUT2D eigenvalue weighted by molar-refractivity contribution is 5.98. The maximum atomic E-state index is 12.7. The van der Waals surface area contributed by atoms with Crippen LogP contribution in [-0.2, 0) is 9.59 Å². The molecule has 3 amide bonds. The van der Waals surface area contributed by atoms with Gasteiger partial charge in [-0.25, -0.2) is 0 Å². The SMILES string of the molecule is COc1cc(OC)cc(C(=O)NC(C(=O)NCCCN2CCCC2=O)C(C)C)c1. The van der Waals surface area contributed by atoms with Gasteiger partial charge in [0.2, 0.25) is 11.8 Å². The van der Waals surface area contributed by atoms with E-state index in [1.807, 2.05) is 18.7 Å². The van der Waals surface area contributed by atoms with Crippen molar-refractivity contribution in [2.75, 3.05) is 33.9 Å². The molecule has 29 heavy (non-hydrogen) atoms. The summed E-state index contributed by atoms with van der Waals surface area (Å²) in [4.78, 5) is 38.7. The zero-order valence-corrected chi connectivity index (χ0v) is 17.6. The standard InChI is InChI=1S/C21H31N3O5/c1-14(2)19(21(27)22-8-6-10-24-9-5-7-18(24)25)23-20(26)15-11-16(28-3)13-17(12-15)29-4/h11-14,19H,5-10H2,1-4H3,(H,22,27)(H,23,26). The summed E-state index contributed by atoms with van der Waals surface area (Å²) in [5, 5.41) is 5.66.